The predicted octanol–water partition coefficient (Wildman–Crippen LogP) is 4.92. The van der Waals surface area contributed by atoms with E-state index in [0.29, 0.717) is 11.6 Å². The summed E-state index contributed by atoms with van der Waals surface area (Å²) in [7, 11) is 0. The number of hydrogen-bond donors (Lipinski definition) is 1. The molecule has 0 radical (unpaired) electrons. The van der Waals surface area contributed by atoms with Gasteiger partial charge in [0.05, 0.1) is 0 Å². The summed E-state index contributed by atoms with van der Waals surface area (Å²) in [4.78, 5) is 4.12. The van der Waals surface area contributed by atoms with Crippen molar-refractivity contribution in [2.45, 2.75) is 25.8 Å². The van der Waals surface area contributed by atoms with Crippen molar-refractivity contribution in [3.63, 3.8) is 0 Å². The van der Waals surface area contributed by atoms with Crippen LogP contribution in [-0.2, 0) is 0 Å². The molecule has 0 saturated heterocycles. The van der Waals surface area contributed by atoms with Crippen LogP contribution in [0.15, 0.2) is 48.7 Å². The van der Waals surface area contributed by atoms with Crippen molar-refractivity contribution < 1.29 is 4.39 Å². The van der Waals surface area contributed by atoms with E-state index in [9.17, 15) is 4.39 Å². The van der Waals surface area contributed by atoms with E-state index >= 15 is 0 Å². The van der Waals surface area contributed by atoms with Gasteiger partial charge in [0.25, 0.3) is 0 Å². The maximum absolute atomic E-state index is 14.3. The van der Waals surface area contributed by atoms with Gasteiger partial charge in [0.1, 0.15) is 11.3 Å². The minimum absolute atomic E-state index is 0.270. The average molecular weight is 292 g/mol. The number of nitrogens with zero attached hydrogens (tertiary/aromatic N) is 1. The molecule has 4 rings (SSSR count). The molecule has 1 aliphatic carbocycles. The number of rotatable bonds is 3. The summed E-state index contributed by atoms with van der Waals surface area (Å²) in [6.45, 7) is 2.09. The van der Waals surface area contributed by atoms with Crippen molar-refractivity contribution in [1.82, 2.24) is 4.98 Å². The van der Waals surface area contributed by atoms with Crippen LogP contribution in [-0.4, -0.2) is 11.0 Å². The first-order valence-corrected chi connectivity index (χ1v) is 7.63. The van der Waals surface area contributed by atoms with Crippen LogP contribution in [0.3, 0.4) is 0 Å². The van der Waals surface area contributed by atoms with Gasteiger partial charge in [0.2, 0.25) is 0 Å². The zero-order valence-electron chi connectivity index (χ0n) is 12.4. The number of benzene rings is 2. The molecular weight excluding hydrogens is 275 g/mol. The highest BCUT2D eigenvalue weighted by Crippen LogP contribution is 2.33. The Morgan fingerprint density at radius 2 is 2.00 bits per heavy atom. The first-order valence-electron chi connectivity index (χ1n) is 7.63. The van der Waals surface area contributed by atoms with Gasteiger partial charge >= 0.3 is 0 Å². The summed E-state index contributed by atoms with van der Waals surface area (Å²) in [5.41, 5.74) is 4.70. The third kappa shape index (κ3) is 2.33. The summed E-state index contributed by atoms with van der Waals surface area (Å²) in [6.07, 6.45) is 4.09. The van der Waals surface area contributed by atoms with E-state index in [0.717, 1.165) is 27.8 Å². The lowest BCUT2D eigenvalue weighted by Crippen LogP contribution is -2.03. The molecule has 2 nitrogen and oxygen atoms in total. The Morgan fingerprint density at radius 1 is 1.14 bits per heavy atom. The molecule has 1 N–H and O–H groups in total. The van der Waals surface area contributed by atoms with E-state index in [4.69, 9.17) is 0 Å². The summed E-state index contributed by atoms with van der Waals surface area (Å²) in [6, 6.07) is 14.1. The fourth-order valence-electron chi connectivity index (χ4n) is 2.86. The fourth-order valence-corrected chi connectivity index (χ4v) is 2.86. The topological polar surface area (TPSA) is 24.9 Å². The van der Waals surface area contributed by atoms with E-state index in [1.54, 1.807) is 12.3 Å². The van der Waals surface area contributed by atoms with Crippen LogP contribution >= 0.6 is 0 Å². The van der Waals surface area contributed by atoms with Gasteiger partial charge in [-0.05, 0) is 60.7 Å². The zero-order valence-corrected chi connectivity index (χ0v) is 12.4. The smallest absolute Gasteiger partial charge is 0.150 e. The Bertz CT molecular complexity index is 853. The van der Waals surface area contributed by atoms with Crippen LogP contribution in [0.25, 0.3) is 22.0 Å². The molecule has 0 aliphatic heterocycles. The third-order valence-electron chi connectivity index (χ3n) is 4.24. The molecule has 1 aromatic heterocycles. The molecule has 1 fully saturated rings. The minimum atomic E-state index is -0.270. The number of halogens is 1. The highest BCUT2D eigenvalue weighted by Gasteiger charge is 2.22. The van der Waals surface area contributed by atoms with E-state index in [1.165, 1.54) is 12.8 Å². The third-order valence-corrected chi connectivity index (χ3v) is 4.24. The molecule has 2 aromatic carbocycles. The number of aromatic nitrogens is 1. The maximum atomic E-state index is 14.3. The van der Waals surface area contributed by atoms with Gasteiger partial charge in [-0.25, -0.2) is 4.39 Å². The average Bonchev–Trinajstić information content (AvgIpc) is 3.33. The minimum Gasteiger partial charge on any atom is -0.382 e. The van der Waals surface area contributed by atoms with Crippen LogP contribution in [0.1, 0.15) is 18.4 Å². The Kier molecular flexibility index (Phi) is 3.07. The highest BCUT2D eigenvalue weighted by atomic mass is 19.1. The molecule has 22 heavy (non-hydrogen) atoms. The van der Waals surface area contributed by atoms with E-state index < -0.39 is 0 Å². The zero-order chi connectivity index (χ0) is 15.1. The first-order chi connectivity index (χ1) is 10.7. The van der Waals surface area contributed by atoms with Crippen molar-refractivity contribution in [1.29, 1.82) is 0 Å². The monoisotopic (exact) mass is 292 g/mol. The van der Waals surface area contributed by atoms with Crippen LogP contribution in [0.5, 0.6) is 0 Å². The second-order valence-corrected chi connectivity index (χ2v) is 5.93. The molecule has 1 aliphatic rings. The molecule has 1 heterocycles. The van der Waals surface area contributed by atoms with Gasteiger partial charge < -0.3 is 5.32 Å². The standard InChI is InChI=1S/C19H17FN2/c1-12-16(5-2-6-18(12)22-15-7-8-15)14-10-13-4-3-9-21-19(13)17(20)11-14/h2-6,9-11,15,22H,7-8H2,1H3. The van der Waals surface area contributed by atoms with Gasteiger partial charge in [-0.1, -0.05) is 18.2 Å². The molecular formula is C19H17FN2. The quantitative estimate of drug-likeness (QED) is 0.741. The summed E-state index contributed by atoms with van der Waals surface area (Å²) < 4.78 is 14.3. The number of nitrogens with one attached hydrogen (secondary N) is 1. The lowest BCUT2D eigenvalue weighted by molar-refractivity contribution is 0.637. The summed E-state index contributed by atoms with van der Waals surface area (Å²) in [5, 5.41) is 4.37. The Balaban J connectivity index is 1.84. The lowest BCUT2D eigenvalue weighted by atomic mass is 9.97. The Morgan fingerprint density at radius 3 is 2.82 bits per heavy atom. The second-order valence-electron chi connectivity index (χ2n) is 5.93. The van der Waals surface area contributed by atoms with Crippen molar-refractivity contribution >= 4 is 16.6 Å². The highest BCUT2D eigenvalue weighted by molar-refractivity contribution is 5.86. The van der Waals surface area contributed by atoms with Gasteiger partial charge in [-0.2, -0.15) is 0 Å². The normalized spacial score (nSPS) is 14.3. The van der Waals surface area contributed by atoms with Crippen molar-refractivity contribution in [3.8, 4) is 11.1 Å². The van der Waals surface area contributed by atoms with Crippen molar-refractivity contribution in [2.24, 2.45) is 0 Å². The molecule has 0 bridgehead atoms. The van der Waals surface area contributed by atoms with E-state index in [1.807, 2.05) is 30.3 Å². The van der Waals surface area contributed by atoms with Gasteiger partial charge in [-0.3, -0.25) is 4.98 Å². The summed E-state index contributed by atoms with van der Waals surface area (Å²) in [5.74, 6) is -0.270. The van der Waals surface area contributed by atoms with Gasteiger partial charge in [0, 0.05) is 23.3 Å². The maximum Gasteiger partial charge on any atom is 0.150 e. The largest absolute Gasteiger partial charge is 0.382 e. The van der Waals surface area contributed by atoms with E-state index in [-0.39, 0.29) is 5.82 Å². The molecule has 0 amide bonds. The SMILES string of the molecule is Cc1c(NC2CC2)cccc1-c1cc(F)c2ncccc2c1. The molecule has 0 unspecified atom stereocenters. The first kappa shape index (κ1) is 13.3. The molecule has 3 heteroatoms. The predicted molar refractivity (Wildman–Crippen MR) is 88.5 cm³/mol. The number of anilines is 1. The summed E-state index contributed by atoms with van der Waals surface area (Å²) >= 11 is 0. The lowest BCUT2D eigenvalue weighted by Gasteiger charge is -2.14. The van der Waals surface area contributed by atoms with Crippen molar-refractivity contribution in [2.75, 3.05) is 5.32 Å². The second kappa shape index (κ2) is 5.09. The van der Waals surface area contributed by atoms with Crippen LogP contribution < -0.4 is 5.32 Å². The molecule has 1 saturated carbocycles. The molecule has 110 valence electrons. The molecule has 3 aromatic rings. The van der Waals surface area contributed by atoms with Crippen LogP contribution in [0.4, 0.5) is 10.1 Å². The molecule has 0 spiro atoms. The number of pyridine rings is 1. The van der Waals surface area contributed by atoms with Gasteiger partial charge in [-0.15, -0.1) is 0 Å². The van der Waals surface area contributed by atoms with Gasteiger partial charge in [0.15, 0.2) is 0 Å². The van der Waals surface area contributed by atoms with Crippen LogP contribution in [0.2, 0.25) is 0 Å². The fraction of sp³-hybridized carbons (Fsp3) is 0.211. The van der Waals surface area contributed by atoms with Crippen molar-refractivity contribution in [3.05, 3.63) is 60.0 Å². The Hall–Kier alpha value is -2.42. The van der Waals surface area contributed by atoms with Crippen LogP contribution in [0, 0.1) is 12.7 Å². The van der Waals surface area contributed by atoms with E-state index in [2.05, 4.69) is 23.3 Å². The molecule has 0 atom stereocenters. The number of fused-ring (bicyclic) bond motifs is 1. The number of hydrogen-bond acceptors (Lipinski definition) is 2. The Labute approximate surface area is 129 Å².